The number of hydrogen-bond acceptors (Lipinski definition) is 4. The maximum Gasteiger partial charge on any atom is 0.338 e. The van der Waals surface area contributed by atoms with Gasteiger partial charge in [0, 0.05) is 17.7 Å². The fourth-order valence-electron chi connectivity index (χ4n) is 2.23. The van der Waals surface area contributed by atoms with Crippen LogP contribution in [0.2, 0.25) is 12.1 Å². The highest BCUT2D eigenvalue weighted by molar-refractivity contribution is 6.67. The zero-order chi connectivity index (χ0) is 13.5. The van der Waals surface area contributed by atoms with E-state index in [1.54, 1.807) is 0 Å². The van der Waals surface area contributed by atoms with Gasteiger partial charge in [-0.2, -0.15) is 0 Å². The van der Waals surface area contributed by atoms with Crippen LogP contribution in [-0.2, 0) is 8.85 Å². The van der Waals surface area contributed by atoms with E-state index in [1.807, 2.05) is 0 Å². The van der Waals surface area contributed by atoms with E-state index >= 15 is 0 Å². The monoisotopic (exact) mass is 262 g/mol. The van der Waals surface area contributed by atoms with Gasteiger partial charge in [0.05, 0.1) is 0 Å². The Bertz CT molecular complexity index is 185. The Balaban J connectivity index is 4.80. The third-order valence-corrected chi connectivity index (χ3v) is 6.65. The molecule has 0 aliphatic rings. The van der Waals surface area contributed by atoms with Crippen LogP contribution in [0, 0.1) is 0 Å². The molecule has 0 amide bonds. The molecule has 0 fully saturated rings. The van der Waals surface area contributed by atoms with Crippen molar-refractivity contribution in [2.45, 2.75) is 64.8 Å². The second kappa shape index (κ2) is 8.21. The molecule has 0 atom stereocenters. The number of rotatable bonds is 9. The first-order chi connectivity index (χ1) is 7.85. The fraction of sp³-hybridized carbons (Fsp3) is 1.00. The normalized spacial score (nSPS) is 13.1. The van der Waals surface area contributed by atoms with Gasteiger partial charge in [-0.15, -0.1) is 0 Å². The molecule has 0 aliphatic carbocycles. The number of nitrogens with two attached hydrogens (primary N) is 2. The lowest BCUT2D eigenvalue weighted by Gasteiger charge is -2.37. The molecule has 4 nitrogen and oxygen atoms in total. The lowest BCUT2D eigenvalue weighted by Crippen LogP contribution is -2.48. The minimum atomic E-state index is -2.21. The molecular formula is C12H30N2O2Si. The highest BCUT2D eigenvalue weighted by Gasteiger charge is 2.41. The first kappa shape index (κ1) is 17.1. The summed E-state index contributed by atoms with van der Waals surface area (Å²) in [5, 5.41) is 0. The van der Waals surface area contributed by atoms with Crippen LogP contribution in [0.4, 0.5) is 0 Å². The Hall–Kier alpha value is 0.0569. The van der Waals surface area contributed by atoms with E-state index in [-0.39, 0.29) is 12.2 Å². The Morgan fingerprint density at radius 3 is 1.47 bits per heavy atom. The van der Waals surface area contributed by atoms with Crippen LogP contribution in [0.5, 0.6) is 0 Å². The minimum Gasteiger partial charge on any atom is -0.392 e. The second-order valence-corrected chi connectivity index (χ2v) is 8.52. The van der Waals surface area contributed by atoms with E-state index in [4.69, 9.17) is 20.3 Å². The molecule has 0 saturated carbocycles. The molecule has 0 spiro atoms. The largest absolute Gasteiger partial charge is 0.392 e. The zero-order valence-corrected chi connectivity index (χ0v) is 13.0. The summed E-state index contributed by atoms with van der Waals surface area (Å²) in [6.07, 6.45) is 2.23. The van der Waals surface area contributed by atoms with E-state index in [0.29, 0.717) is 18.6 Å². The zero-order valence-electron chi connectivity index (χ0n) is 12.0. The Morgan fingerprint density at radius 2 is 1.24 bits per heavy atom. The van der Waals surface area contributed by atoms with E-state index in [9.17, 15) is 0 Å². The van der Waals surface area contributed by atoms with E-state index in [2.05, 4.69) is 34.2 Å². The van der Waals surface area contributed by atoms with E-state index < -0.39 is 8.56 Å². The summed E-state index contributed by atoms with van der Waals surface area (Å²) in [7, 11) is -2.21. The standard InChI is InChI=1S/C12H30N2O2Si/c1-10(2)15-17(5,16-11(3)4)12(6-8-13)7-9-14/h10-12H,6-9,13-14H2,1-5H3. The van der Waals surface area contributed by atoms with Gasteiger partial charge < -0.3 is 20.3 Å². The van der Waals surface area contributed by atoms with Crippen molar-refractivity contribution in [1.29, 1.82) is 0 Å². The molecule has 0 bridgehead atoms. The van der Waals surface area contributed by atoms with Crippen molar-refractivity contribution < 1.29 is 8.85 Å². The summed E-state index contributed by atoms with van der Waals surface area (Å²) in [5.74, 6) is 0. The van der Waals surface area contributed by atoms with Gasteiger partial charge in [0.1, 0.15) is 0 Å². The fourth-order valence-corrected chi connectivity index (χ4v) is 5.92. The smallest absolute Gasteiger partial charge is 0.338 e. The molecule has 0 heterocycles. The van der Waals surface area contributed by atoms with E-state index in [1.165, 1.54) is 0 Å². The van der Waals surface area contributed by atoms with Gasteiger partial charge in [-0.05, 0) is 60.2 Å². The van der Waals surface area contributed by atoms with Crippen molar-refractivity contribution in [1.82, 2.24) is 0 Å². The van der Waals surface area contributed by atoms with Crippen molar-refractivity contribution in [3.63, 3.8) is 0 Å². The maximum absolute atomic E-state index is 6.12. The average molecular weight is 262 g/mol. The third-order valence-electron chi connectivity index (χ3n) is 2.71. The Labute approximate surface area is 107 Å². The minimum absolute atomic E-state index is 0.184. The van der Waals surface area contributed by atoms with Crippen LogP contribution < -0.4 is 11.5 Å². The van der Waals surface area contributed by atoms with Crippen molar-refractivity contribution in [2.75, 3.05) is 13.1 Å². The van der Waals surface area contributed by atoms with Crippen molar-refractivity contribution in [2.24, 2.45) is 11.5 Å². The van der Waals surface area contributed by atoms with Crippen LogP contribution >= 0.6 is 0 Å². The molecule has 104 valence electrons. The first-order valence-electron chi connectivity index (χ1n) is 6.61. The molecule has 0 rings (SSSR count). The molecule has 0 saturated heterocycles. The van der Waals surface area contributed by atoms with Crippen molar-refractivity contribution in [3.8, 4) is 0 Å². The molecule has 0 aromatic heterocycles. The van der Waals surface area contributed by atoms with Gasteiger partial charge in [-0.25, -0.2) is 0 Å². The van der Waals surface area contributed by atoms with Gasteiger partial charge in [-0.1, -0.05) is 0 Å². The van der Waals surface area contributed by atoms with Crippen LogP contribution in [0.25, 0.3) is 0 Å². The van der Waals surface area contributed by atoms with Gasteiger partial charge >= 0.3 is 8.56 Å². The molecule has 0 aliphatic heterocycles. The van der Waals surface area contributed by atoms with Crippen LogP contribution in [0.15, 0.2) is 0 Å². The molecule has 17 heavy (non-hydrogen) atoms. The second-order valence-electron chi connectivity index (χ2n) is 5.20. The van der Waals surface area contributed by atoms with Gasteiger partial charge in [0.2, 0.25) is 0 Å². The van der Waals surface area contributed by atoms with Crippen LogP contribution in [0.1, 0.15) is 40.5 Å². The summed E-state index contributed by atoms with van der Waals surface area (Å²) < 4.78 is 12.2. The summed E-state index contributed by atoms with van der Waals surface area (Å²) in [4.78, 5) is 0. The average Bonchev–Trinajstić information content (AvgIpc) is 2.14. The molecule has 0 aromatic carbocycles. The van der Waals surface area contributed by atoms with Gasteiger partial charge in [-0.3, -0.25) is 0 Å². The molecule has 0 unspecified atom stereocenters. The Kier molecular flexibility index (Phi) is 8.24. The summed E-state index contributed by atoms with van der Waals surface area (Å²) in [5.41, 5.74) is 11.8. The Morgan fingerprint density at radius 1 is 0.882 bits per heavy atom. The highest BCUT2D eigenvalue weighted by atomic mass is 28.4. The predicted molar refractivity (Wildman–Crippen MR) is 75.2 cm³/mol. The van der Waals surface area contributed by atoms with E-state index in [0.717, 1.165) is 12.8 Å². The lowest BCUT2D eigenvalue weighted by molar-refractivity contribution is 0.0997. The molecule has 0 aromatic rings. The highest BCUT2D eigenvalue weighted by Crippen LogP contribution is 2.32. The predicted octanol–water partition coefficient (Wildman–Crippen LogP) is 1.98. The molecule has 5 heteroatoms. The van der Waals surface area contributed by atoms with Crippen molar-refractivity contribution in [3.05, 3.63) is 0 Å². The number of hydrogen-bond donors (Lipinski definition) is 2. The topological polar surface area (TPSA) is 70.5 Å². The molecule has 4 N–H and O–H groups in total. The summed E-state index contributed by atoms with van der Waals surface area (Å²) >= 11 is 0. The van der Waals surface area contributed by atoms with Crippen LogP contribution in [-0.4, -0.2) is 33.9 Å². The quantitative estimate of drug-likeness (QED) is 0.623. The molecular weight excluding hydrogens is 232 g/mol. The van der Waals surface area contributed by atoms with Crippen LogP contribution in [0.3, 0.4) is 0 Å². The maximum atomic E-state index is 6.12. The third kappa shape index (κ3) is 6.52. The summed E-state index contributed by atoms with van der Waals surface area (Å²) in [6, 6.07) is 0. The first-order valence-corrected chi connectivity index (χ1v) is 9.00. The summed E-state index contributed by atoms with van der Waals surface area (Å²) in [6.45, 7) is 11.7. The molecule has 0 radical (unpaired) electrons. The van der Waals surface area contributed by atoms with Gasteiger partial charge in [0.25, 0.3) is 0 Å². The lowest BCUT2D eigenvalue weighted by atomic mass is 10.2. The van der Waals surface area contributed by atoms with Crippen molar-refractivity contribution >= 4 is 8.56 Å². The van der Waals surface area contributed by atoms with Gasteiger partial charge in [0.15, 0.2) is 0 Å². The SMILES string of the molecule is CC(C)O[Si](C)(OC(C)C)C(CCN)CCN.